The number of hydrogen-bond acceptors (Lipinski definition) is 3. The largest absolute Gasteiger partial charge is 0.481 e. The third-order valence-corrected chi connectivity index (χ3v) is 1.92. The zero-order valence-corrected chi connectivity index (χ0v) is 9.18. The molecular weight excluding hydrogens is 222 g/mol. The summed E-state index contributed by atoms with van der Waals surface area (Å²) in [5.74, 6) is -0.705. The van der Waals surface area contributed by atoms with E-state index in [-0.39, 0.29) is 18.7 Å². The van der Waals surface area contributed by atoms with Gasteiger partial charge >= 0.3 is 5.97 Å². The molecule has 0 atom stereocenters. The molecule has 90 valence electrons. The lowest BCUT2D eigenvalue weighted by atomic mass is 10.2. The highest BCUT2D eigenvalue weighted by molar-refractivity contribution is 5.92. The van der Waals surface area contributed by atoms with Crippen LogP contribution in [-0.2, 0) is 9.59 Å². The second-order valence-electron chi connectivity index (χ2n) is 3.25. The topological polar surface area (TPSA) is 75.6 Å². The normalized spacial score (nSPS) is 9.41. The van der Waals surface area contributed by atoms with Gasteiger partial charge in [0.05, 0.1) is 12.7 Å². The zero-order chi connectivity index (χ0) is 12.7. The summed E-state index contributed by atoms with van der Waals surface area (Å²) in [6.07, 6.45) is 1.09. The molecule has 0 saturated heterocycles. The summed E-state index contributed by atoms with van der Waals surface area (Å²) in [6, 6.07) is 6.68. The van der Waals surface area contributed by atoms with Gasteiger partial charge in [-0.1, -0.05) is 6.58 Å². The van der Waals surface area contributed by atoms with Crippen LogP contribution in [0.2, 0.25) is 0 Å². The maximum Gasteiger partial charge on any atom is 0.303 e. The van der Waals surface area contributed by atoms with E-state index in [4.69, 9.17) is 9.84 Å². The van der Waals surface area contributed by atoms with Crippen molar-refractivity contribution in [3.63, 3.8) is 0 Å². The summed E-state index contributed by atoms with van der Waals surface area (Å²) >= 11 is 0. The van der Waals surface area contributed by atoms with E-state index < -0.39 is 5.97 Å². The summed E-state index contributed by atoms with van der Waals surface area (Å²) in [4.78, 5) is 21.6. The van der Waals surface area contributed by atoms with Crippen molar-refractivity contribution in [3.05, 3.63) is 37.1 Å². The van der Waals surface area contributed by atoms with Gasteiger partial charge in [-0.15, -0.1) is 0 Å². The smallest absolute Gasteiger partial charge is 0.303 e. The number of carboxylic acids is 1. The molecule has 0 saturated carbocycles. The minimum Gasteiger partial charge on any atom is -0.481 e. The summed E-state index contributed by atoms with van der Waals surface area (Å²) in [5, 5.41) is 11.0. The number of hydrogen-bond donors (Lipinski definition) is 2. The van der Waals surface area contributed by atoms with Gasteiger partial charge in [-0.05, 0) is 24.3 Å². The summed E-state index contributed by atoms with van der Waals surface area (Å²) in [6.45, 7) is 3.42. The minimum atomic E-state index is -0.991. The van der Waals surface area contributed by atoms with Crippen LogP contribution in [0.1, 0.15) is 12.8 Å². The van der Waals surface area contributed by atoms with Crippen molar-refractivity contribution < 1.29 is 19.4 Å². The molecule has 0 aliphatic carbocycles. The molecule has 0 aromatic heterocycles. The van der Waals surface area contributed by atoms with Crippen molar-refractivity contribution in [3.8, 4) is 5.75 Å². The lowest BCUT2D eigenvalue weighted by molar-refractivity contribution is -0.138. The van der Waals surface area contributed by atoms with Crippen molar-refractivity contribution in [1.29, 1.82) is 0 Å². The summed E-state index contributed by atoms with van der Waals surface area (Å²) < 4.78 is 5.02. The molecule has 0 bridgehead atoms. The van der Waals surface area contributed by atoms with Crippen LogP contribution in [0.25, 0.3) is 0 Å². The van der Waals surface area contributed by atoms with Crippen LogP contribution in [0, 0.1) is 0 Å². The van der Waals surface area contributed by atoms with Crippen LogP contribution in [0.4, 0.5) is 5.69 Å². The van der Waals surface area contributed by atoms with Crippen LogP contribution in [0.15, 0.2) is 37.1 Å². The first kappa shape index (κ1) is 12.8. The van der Waals surface area contributed by atoms with Gasteiger partial charge in [0.1, 0.15) is 5.75 Å². The van der Waals surface area contributed by atoms with Crippen LogP contribution in [-0.4, -0.2) is 17.0 Å². The van der Waals surface area contributed by atoms with E-state index in [9.17, 15) is 9.59 Å². The lowest BCUT2D eigenvalue weighted by Gasteiger charge is -2.05. The molecule has 0 radical (unpaired) electrons. The standard InChI is InChI=1S/C12H13NO4/c1-2-17-10-5-3-9(4-6-10)13-11(14)7-8-12(15)16/h2-6H,1,7-8H2,(H,13,14)(H,15,16). The quantitative estimate of drug-likeness (QED) is 0.739. The number of rotatable bonds is 6. The second kappa shape index (κ2) is 6.32. The zero-order valence-electron chi connectivity index (χ0n) is 9.18. The third kappa shape index (κ3) is 4.83. The Morgan fingerprint density at radius 2 is 1.94 bits per heavy atom. The van der Waals surface area contributed by atoms with E-state index in [1.165, 1.54) is 6.26 Å². The van der Waals surface area contributed by atoms with Crippen LogP contribution in [0.5, 0.6) is 5.75 Å². The van der Waals surface area contributed by atoms with Gasteiger partial charge < -0.3 is 15.2 Å². The number of ether oxygens (including phenoxy) is 1. The first-order chi connectivity index (χ1) is 8.11. The minimum absolute atomic E-state index is 0.0414. The van der Waals surface area contributed by atoms with Crippen LogP contribution < -0.4 is 10.1 Å². The van der Waals surface area contributed by atoms with E-state index in [1.54, 1.807) is 24.3 Å². The van der Waals surface area contributed by atoms with Crippen LogP contribution >= 0.6 is 0 Å². The maximum absolute atomic E-state index is 11.3. The lowest BCUT2D eigenvalue weighted by Crippen LogP contribution is -2.12. The van der Waals surface area contributed by atoms with Gasteiger partial charge in [-0.25, -0.2) is 0 Å². The maximum atomic E-state index is 11.3. The molecule has 1 aromatic rings. The molecule has 1 amide bonds. The molecule has 5 nitrogen and oxygen atoms in total. The van der Waals surface area contributed by atoms with Gasteiger partial charge in [0, 0.05) is 12.1 Å². The Kier molecular flexibility index (Phi) is 4.75. The molecule has 0 aliphatic heterocycles. The van der Waals surface area contributed by atoms with Crippen molar-refractivity contribution in [2.24, 2.45) is 0 Å². The van der Waals surface area contributed by atoms with E-state index in [0.717, 1.165) is 0 Å². The number of carboxylic acid groups (broad SMARTS) is 1. The molecule has 1 aromatic carbocycles. The number of carbonyl (C=O) groups excluding carboxylic acids is 1. The second-order valence-corrected chi connectivity index (χ2v) is 3.25. The van der Waals surface area contributed by atoms with E-state index in [2.05, 4.69) is 11.9 Å². The number of amides is 1. The van der Waals surface area contributed by atoms with Gasteiger partial charge in [0.25, 0.3) is 0 Å². The molecule has 1 rings (SSSR count). The van der Waals surface area contributed by atoms with Crippen molar-refractivity contribution in [2.75, 3.05) is 5.32 Å². The Balaban J connectivity index is 2.48. The first-order valence-corrected chi connectivity index (χ1v) is 5.01. The van der Waals surface area contributed by atoms with E-state index >= 15 is 0 Å². The highest BCUT2D eigenvalue weighted by Crippen LogP contribution is 2.15. The van der Waals surface area contributed by atoms with Gasteiger partial charge in [-0.3, -0.25) is 9.59 Å². The van der Waals surface area contributed by atoms with Gasteiger partial charge in [0.15, 0.2) is 0 Å². The van der Waals surface area contributed by atoms with Crippen molar-refractivity contribution >= 4 is 17.6 Å². The average molecular weight is 235 g/mol. The Labute approximate surface area is 98.7 Å². The summed E-state index contributed by atoms with van der Waals surface area (Å²) in [7, 11) is 0. The van der Waals surface area contributed by atoms with Crippen molar-refractivity contribution in [2.45, 2.75) is 12.8 Å². The van der Waals surface area contributed by atoms with Gasteiger partial charge in [0.2, 0.25) is 5.91 Å². The molecule has 0 aliphatic rings. The highest BCUT2D eigenvalue weighted by atomic mass is 16.5. The summed E-state index contributed by atoms with van der Waals surface area (Å²) in [5.41, 5.74) is 0.594. The highest BCUT2D eigenvalue weighted by Gasteiger charge is 2.05. The molecule has 0 spiro atoms. The Morgan fingerprint density at radius 1 is 1.29 bits per heavy atom. The molecule has 2 N–H and O–H groups in total. The molecule has 17 heavy (non-hydrogen) atoms. The number of carbonyl (C=O) groups is 2. The molecule has 0 fully saturated rings. The van der Waals surface area contributed by atoms with Crippen LogP contribution in [0.3, 0.4) is 0 Å². The number of nitrogens with one attached hydrogen (secondary N) is 1. The Bertz CT molecular complexity index is 411. The number of aliphatic carboxylic acids is 1. The van der Waals surface area contributed by atoms with Crippen molar-refractivity contribution in [1.82, 2.24) is 0 Å². The number of anilines is 1. The fraction of sp³-hybridized carbons (Fsp3) is 0.167. The molecule has 0 heterocycles. The average Bonchev–Trinajstić information content (AvgIpc) is 2.29. The SMILES string of the molecule is C=COc1ccc(NC(=O)CCC(=O)O)cc1. The Morgan fingerprint density at radius 3 is 2.47 bits per heavy atom. The fourth-order valence-corrected chi connectivity index (χ4v) is 1.16. The Hall–Kier alpha value is -2.30. The number of benzene rings is 1. The first-order valence-electron chi connectivity index (χ1n) is 5.01. The van der Waals surface area contributed by atoms with E-state index in [0.29, 0.717) is 11.4 Å². The van der Waals surface area contributed by atoms with E-state index in [1.807, 2.05) is 0 Å². The predicted octanol–water partition coefficient (Wildman–Crippen LogP) is 2.01. The molecule has 5 heteroatoms. The molecular formula is C12H13NO4. The monoisotopic (exact) mass is 235 g/mol. The van der Waals surface area contributed by atoms with Gasteiger partial charge in [-0.2, -0.15) is 0 Å². The third-order valence-electron chi connectivity index (χ3n) is 1.92. The molecule has 0 unspecified atom stereocenters. The fourth-order valence-electron chi connectivity index (χ4n) is 1.16. The predicted molar refractivity (Wildman–Crippen MR) is 62.8 cm³/mol.